The summed E-state index contributed by atoms with van der Waals surface area (Å²) < 4.78 is 0. The molecule has 100 valence electrons. The van der Waals surface area contributed by atoms with Gasteiger partial charge in [0.1, 0.15) is 0 Å². The first-order valence-electron chi connectivity index (χ1n) is 7.48. The summed E-state index contributed by atoms with van der Waals surface area (Å²) in [6.45, 7) is 6.65. The minimum absolute atomic E-state index is 0.792. The molecule has 0 amide bonds. The molecule has 0 aliphatic heterocycles. The van der Waals surface area contributed by atoms with E-state index in [9.17, 15) is 0 Å². The van der Waals surface area contributed by atoms with Crippen molar-refractivity contribution in [1.29, 1.82) is 0 Å². The van der Waals surface area contributed by atoms with Gasteiger partial charge in [-0.25, -0.2) is 0 Å². The zero-order chi connectivity index (χ0) is 13.2. The van der Waals surface area contributed by atoms with E-state index in [1.165, 1.54) is 43.2 Å². The van der Waals surface area contributed by atoms with Gasteiger partial charge in [-0.3, -0.25) is 0 Å². The summed E-state index contributed by atoms with van der Waals surface area (Å²) in [5.74, 6) is 0.792. The molecule has 0 bridgehead atoms. The van der Waals surface area contributed by atoms with E-state index in [1.54, 1.807) is 0 Å². The van der Waals surface area contributed by atoms with Crippen molar-refractivity contribution < 1.29 is 0 Å². The highest BCUT2D eigenvalue weighted by Crippen LogP contribution is 2.17. The van der Waals surface area contributed by atoms with Crippen molar-refractivity contribution in [2.45, 2.75) is 59.3 Å². The Balaban J connectivity index is 2.33. The highest BCUT2D eigenvalue weighted by atomic mass is 14.1. The quantitative estimate of drug-likeness (QED) is 0.514. The third-order valence-corrected chi connectivity index (χ3v) is 3.46. The SMILES string of the molecule is CCC=CC(CCC)CCCc1ccc(C)cc1. The Morgan fingerprint density at radius 3 is 2.39 bits per heavy atom. The van der Waals surface area contributed by atoms with E-state index in [1.807, 2.05) is 0 Å². The molecule has 0 N–H and O–H groups in total. The van der Waals surface area contributed by atoms with Crippen molar-refractivity contribution >= 4 is 0 Å². The highest BCUT2D eigenvalue weighted by Gasteiger charge is 2.03. The van der Waals surface area contributed by atoms with E-state index in [0.717, 1.165) is 12.3 Å². The van der Waals surface area contributed by atoms with Gasteiger partial charge >= 0.3 is 0 Å². The zero-order valence-corrected chi connectivity index (χ0v) is 12.3. The second kappa shape index (κ2) is 8.97. The van der Waals surface area contributed by atoms with Crippen LogP contribution in [0.2, 0.25) is 0 Å². The lowest BCUT2D eigenvalue weighted by molar-refractivity contribution is 0.515. The van der Waals surface area contributed by atoms with Crippen LogP contribution in [-0.4, -0.2) is 0 Å². The van der Waals surface area contributed by atoms with Crippen molar-refractivity contribution in [1.82, 2.24) is 0 Å². The Labute approximate surface area is 113 Å². The maximum atomic E-state index is 2.43. The largest absolute Gasteiger partial charge is 0.0885 e. The van der Waals surface area contributed by atoms with Gasteiger partial charge in [0.2, 0.25) is 0 Å². The van der Waals surface area contributed by atoms with Crippen LogP contribution < -0.4 is 0 Å². The fourth-order valence-corrected chi connectivity index (χ4v) is 2.36. The Hall–Kier alpha value is -1.04. The zero-order valence-electron chi connectivity index (χ0n) is 12.3. The fraction of sp³-hybridized carbons (Fsp3) is 0.556. The Bertz CT molecular complexity index is 332. The van der Waals surface area contributed by atoms with E-state index in [0.29, 0.717) is 0 Å². The van der Waals surface area contributed by atoms with E-state index in [-0.39, 0.29) is 0 Å². The normalized spacial score (nSPS) is 13.1. The molecule has 0 aliphatic carbocycles. The first kappa shape index (κ1) is 15.0. The molecule has 0 saturated heterocycles. The molecule has 1 aromatic carbocycles. The average Bonchev–Trinajstić information content (AvgIpc) is 2.38. The molecule has 0 spiro atoms. The van der Waals surface area contributed by atoms with Gasteiger partial charge in [-0.05, 0) is 50.5 Å². The summed E-state index contributed by atoms with van der Waals surface area (Å²) in [6, 6.07) is 8.98. The molecule has 0 aliphatic rings. The third-order valence-electron chi connectivity index (χ3n) is 3.46. The Morgan fingerprint density at radius 1 is 1.06 bits per heavy atom. The molecule has 0 aromatic heterocycles. The van der Waals surface area contributed by atoms with Crippen LogP contribution in [0.4, 0.5) is 0 Å². The predicted octanol–water partition coefficient (Wildman–Crippen LogP) is 5.70. The van der Waals surface area contributed by atoms with Crippen LogP contribution in [0.3, 0.4) is 0 Å². The fourth-order valence-electron chi connectivity index (χ4n) is 2.36. The van der Waals surface area contributed by atoms with E-state index >= 15 is 0 Å². The standard InChI is InChI=1S/C18H28/c1-4-6-9-17(8-5-2)10-7-11-18-14-12-16(3)13-15-18/h6,9,12-15,17H,4-5,7-8,10-11H2,1-3H3. The number of rotatable bonds is 8. The second-order valence-electron chi connectivity index (χ2n) is 5.26. The lowest BCUT2D eigenvalue weighted by Crippen LogP contribution is -1.97. The summed E-state index contributed by atoms with van der Waals surface area (Å²) >= 11 is 0. The maximum Gasteiger partial charge on any atom is -0.0234 e. The summed E-state index contributed by atoms with van der Waals surface area (Å²) in [5, 5.41) is 0. The van der Waals surface area contributed by atoms with Crippen molar-refractivity contribution in [3.05, 3.63) is 47.5 Å². The van der Waals surface area contributed by atoms with Gasteiger partial charge in [-0.2, -0.15) is 0 Å². The van der Waals surface area contributed by atoms with E-state index < -0.39 is 0 Å². The van der Waals surface area contributed by atoms with Crippen LogP contribution in [0.15, 0.2) is 36.4 Å². The number of hydrogen-bond donors (Lipinski definition) is 0. The molecular weight excluding hydrogens is 216 g/mol. The van der Waals surface area contributed by atoms with Crippen LogP contribution >= 0.6 is 0 Å². The lowest BCUT2D eigenvalue weighted by Gasteiger charge is -2.11. The lowest BCUT2D eigenvalue weighted by atomic mass is 9.95. The molecule has 0 saturated carbocycles. The molecule has 1 unspecified atom stereocenters. The molecule has 0 heteroatoms. The summed E-state index contributed by atoms with van der Waals surface area (Å²) in [6.07, 6.45) is 12.4. The molecule has 18 heavy (non-hydrogen) atoms. The van der Waals surface area contributed by atoms with E-state index in [2.05, 4.69) is 57.2 Å². The first-order chi connectivity index (χ1) is 8.76. The Kier molecular flexibility index (Phi) is 7.48. The third kappa shape index (κ3) is 6.05. The molecular formula is C18H28. The van der Waals surface area contributed by atoms with Crippen molar-refractivity contribution in [2.75, 3.05) is 0 Å². The average molecular weight is 244 g/mol. The molecule has 0 nitrogen and oxygen atoms in total. The minimum atomic E-state index is 0.792. The topological polar surface area (TPSA) is 0 Å². The Morgan fingerprint density at radius 2 is 1.78 bits per heavy atom. The first-order valence-corrected chi connectivity index (χ1v) is 7.48. The van der Waals surface area contributed by atoms with Gasteiger partial charge < -0.3 is 0 Å². The van der Waals surface area contributed by atoms with E-state index in [4.69, 9.17) is 0 Å². The van der Waals surface area contributed by atoms with Gasteiger partial charge in [0.15, 0.2) is 0 Å². The summed E-state index contributed by atoms with van der Waals surface area (Å²) in [5.41, 5.74) is 2.84. The van der Waals surface area contributed by atoms with Gasteiger partial charge in [0.05, 0.1) is 0 Å². The molecule has 0 radical (unpaired) electrons. The van der Waals surface area contributed by atoms with Crippen molar-refractivity contribution in [3.8, 4) is 0 Å². The summed E-state index contributed by atoms with van der Waals surface area (Å²) in [7, 11) is 0. The molecule has 1 rings (SSSR count). The predicted molar refractivity (Wildman–Crippen MR) is 81.9 cm³/mol. The second-order valence-corrected chi connectivity index (χ2v) is 5.26. The monoisotopic (exact) mass is 244 g/mol. The maximum absolute atomic E-state index is 2.43. The number of aryl methyl sites for hydroxylation is 2. The molecule has 0 heterocycles. The number of benzene rings is 1. The highest BCUT2D eigenvalue weighted by molar-refractivity contribution is 5.21. The number of allylic oxidation sites excluding steroid dienone is 2. The van der Waals surface area contributed by atoms with Crippen LogP contribution in [-0.2, 0) is 6.42 Å². The van der Waals surface area contributed by atoms with Crippen LogP contribution in [0.25, 0.3) is 0 Å². The van der Waals surface area contributed by atoms with Crippen LogP contribution in [0.5, 0.6) is 0 Å². The van der Waals surface area contributed by atoms with Crippen LogP contribution in [0, 0.1) is 12.8 Å². The number of hydrogen-bond acceptors (Lipinski definition) is 0. The van der Waals surface area contributed by atoms with Gasteiger partial charge in [0, 0.05) is 0 Å². The molecule has 1 atom stereocenters. The van der Waals surface area contributed by atoms with Gasteiger partial charge in [0.25, 0.3) is 0 Å². The molecule has 1 aromatic rings. The molecule has 0 fully saturated rings. The van der Waals surface area contributed by atoms with Gasteiger partial charge in [-0.15, -0.1) is 0 Å². The van der Waals surface area contributed by atoms with Crippen molar-refractivity contribution in [3.63, 3.8) is 0 Å². The van der Waals surface area contributed by atoms with Crippen LogP contribution in [0.1, 0.15) is 57.1 Å². The smallest absolute Gasteiger partial charge is 0.0234 e. The van der Waals surface area contributed by atoms with Crippen molar-refractivity contribution in [2.24, 2.45) is 5.92 Å². The summed E-state index contributed by atoms with van der Waals surface area (Å²) in [4.78, 5) is 0. The minimum Gasteiger partial charge on any atom is -0.0885 e. The van der Waals surface area contributed by atoms with Gasteiger partial charge in [-0.1, -0.05) is 62.2 Å².